The summed E-state index contributed by atoms with van der Waals surface area (Å²) in [6, 6.07) is 1.70. The van der Waals surface area contributed by atoms with Gasteiger partial charge in [-0.1, -0.05) is 6.92 Å². The van der Waals surface area contributed by atoms with Gasteiger partial charge in [0.05, 0.1) is 25.4 Å². The van der Waals surface area contributed by atoms with Crippen LogP contribution in [0, 0.1) is 0 Å². The number of amides is 2. The van der Waals surface area contributed by atoms with Crippen molar-refractivity contribution in [2.75, 3.05) is 39.0 Å². The summed E-state index contributed by atoms with van der Waals surface area (Å²) in [4.78, 5) is 36.6. The minimum atomic E-state index is -5.29. The summed E-state index contributed by atoms with van der Waals surface area (Å²) < 4.78 is 89.4. The van der Waals surface area contributed by atoms with Gasteiger partial charge in [-0.05, 0) is 24.1 Å². The molecule has 5 heterocycles. The Morgan fingerprint density at radius 2 is 1.87 bits per heavy atom. The molecule has 2 amide bonds. The quantitative estimate of drug-likeness (QED) is 0.311. The van der Waals surface area contributed by atoms with Gasteiger partial charge in [-0.25, -0.2) is 27.7 Å². The summed E-state index contributed by atoms with van der Waals surface area (Å²) in [6.07, 6.45) is -6.16. The first-order chi connectivity index (χ1) is 21.6. The molecular weight excluding hydrogens is 626 g/mol. The fourth-order valence-electron chi connectivity index (χ4n) is 5.71. The third kappa shape index (κ3) is 6.14. The van der Waals surface area contributed by atoms with E-state index in [0.29, 0.717) is 27.2 Å². The zero-order chi connectivity index (χ0) is 33.6. The minimum absolute atomic E-state index is 0.132. The summed E-state index contributed by atoms with van der Waals surface area (Å²) in [5.41, 5.74) is 4.14. The van der Waals surface area contributed by atoms with E-state index in [2.05, 4.69) is 20.4 Å². The molecule has 2 aliphatic rings. The summed E-state index contributed by atoms with van der Waals surface area (Å²) in [5.74, 6) is -5.34. The molecule has 2 fully saturated rings. The molecule has 2 aliphatic heterocycles. The van der Waals surface area contributed by atoms with Gasteiger partial charge < -0.3 is 25.8 Å². The summed E-state index contributed by atoms with van der Waals surface area (Å²) in [6.45, 7) is 0.179. The number of nitrogen functional groups attached to an aromatic ring is 1. The van der Waals surface area contributed by atoms with Crippen molar-refractivity contribution in [3.8, 4) is 17.1 Å². The fourth-order valence-corrected chi connectivity index (χ4v) is 5.71. The molecule has 3 aromatic heterocycles. The van der Waals surface area contributed by atoms with Crippen LogP contribution in [0.15, 0.2) is 24.7 Å². The Hall–Kier alpha value is -4.19. The zero-order valence-electron chi connectivity index (χ0n) is 24.8. The predicted octanol–water partition coefficient (Wildman–Crippen LogP) is 2.60. The average molecular weight is 659 g/mol. The Morgan fingerprint density at radius 3 is 2.50 bits per heavy atom. The molecule has 3 atom stereocenters. The molecule has 0 bridgehead atoms. The van der Waals surface area contributed by atoms with Crippen molar-refractivity contribution in [3.63, 3.8) is 0 Å². The first-order valence-electron chi connectivity index (χ1n) is 14.4. The van der Waals surface area contributed by atoms with Crippen molar-refractivity contribution in [1.82, 2.24) is 34.7 Å². The average Bonchev–Trinajstić information content (AvgIpc) is 3.57. The molecule has 0 spiro atoms. The maximum Gasteiger partial charge on any atom is 0.426 e. The van der Waals surface area contributed by atoms with E-state index in [9.17, 15) is 41.0 Å². The molecule has 4 N–H and O–H groups in total. The molecule has 250 valence electrons. The number of nitrogens with two attached hydrogens (primary N) is 1. The van der Waals surface area contributed by atoms with E-state index < -0.39 is 61.2 Å². The van der Waals surface area contributed by atoms with Gasteiger partial charge in [0.15, 0.2) is 5.82 Å². The highest BCUT2D eigenvalue weighted by molar-refractivity contribution is 5.98. The number of carbonyl (C=O) groups is 2. The van der Waals surface area contributed by atoms with Crippen LogP contribution in [0.4, 0.5) is 32.2 Å². The molecular formula is C28H32F6N8O4. The van der Waals surface area contributed by atoms with Crippen LogP contribution in [0.2, 0.25) is 0 Å². The van der Waals surface area contributed by atoms with Gasteiger partial charge in [0.1, 0.15) is 23.6 Å². The normalized spacial score (nSPS) is 21.7. The van der Waals surface area contributed by atoms with Gasteiger partial charge in [0.2, 0.25) is 11.5 Å². The number of anilines is 1. The van der Waals surface area contributed by atoms with E-state index in [0.717, 1.165) is 6.92 Å². The van der Waals surface area contributed by atoms with Crippen molar-refractivity contribution >= 4 is 23.1 Å². The lowest BCUT2D eigenvalue weighted by Gasteiger charge is -2.31. The highest BCUT2D eigenvalue weighted by atomic mass is 19.4. The molecule has 0 radical (unpaired) electrons. The van der Waals surface area contributed by atoms with E-state index in [4.69, 9.17) is 10.5 Å². The maximum atomic E-state index is 14.9. The number of pyridine rings is 1. The number of rotatable bonds is 8. The molecule has 3 aromatic rings. The number of aliphatic hydroxyl groups is 1. The van der Waals surface area contributed by atoms with E-state index in [1.807, 2.05) is 4.90 Å². The smallest absolute Gasteiger partial charge is 0.426 e. The Labute approximate surface area is 258 Å². The molecule has 0 aromatic carbocycles. The number of fused-ring (bicyclic) bond motifs is 1. The number of likely N-dealkylation sites (tertiary alicyclic amines) is 2. The number of hydrogen-bond acceptors (Lipinski definition) is 9. The summed E-state index contributed by atoms with van der Waals surface area (Å²) >= 11 is 0. The second-order valence-corrected chi connectivity index (χ2v) is 11.4. The van der Waals surface area contributed by atoms with Crippen LogP contribution < -0.4 is 15.8 Å². The molecule has 18 heteroatoms. The largest absolute Gasteiger partial charge is 0.480 e. The zero-order valence-corrected chi connectivity index (χ0v) is 24.8. The van der Waals surface area contributed by atoms with Crippen molar-refractivity contribution in [2.45, 2.75) is 62.6 Å². The molecule has 5 rings (SSSR count). The highest BCUT2D eigenvalue weighted by Gasteiger charge is 2.60. The second kappa shape index (κ2) is 12.2. The Bertz CT molecular complexity index is 1630. The second-order valence-electron chi connectivity index (χ2n) is 11.4. The van der Waals surface area contributed by atoms with Gasteiger partial charge in [0, 0.05) is 50.8 Å². The third-order valence-electron chi connectivity index (χ3n) is 8.41. The number of hydrogen-bond donors (Lipinski definition) is 3. The standard InChI is InChI=1S/C28H32F6N8O4/c1-3-27(45,28(32,33)34)25(44)41-12-18(29)19(13-41)39-23(43)17-8-15(10-36-24(17)46-2)20-9-16(21-22(35)37-14-38-42(20)21)11-40-6-4-26(30,31)5-7-40/h8-10,14,18-19,45H,3-7,11-13H2,1-2H3,(H,39,43)(H2,35,37,38)/t18-,19+,27?/m0/s1. The van der Waals surface area contributed by atoms with Crippen LogP contribution >= 0.6 is 0 Å². The van der Waals surface area contributed by atoms with Gasteiger partial charge in [-0.15, -0.1) is 0 Å². The summed E-state index contributed by atoms with van der Waals surface area (Å²) in [7, 11) is 1.25. The van der Waals surface area contributed by atoms with Crippen molar-refractivity contribution in [3.05, 3.63) is 35.8 Å². The molecule has 46 heavy (non-hydrogen) atoms. The molecule has 2 saturated heterocycles. The molecule has 12 nitrogen and oxygen atoms in total. The number of aromatic nitrogens is 4. The lowest BCUT2D eigenvalue weighted by molar-refractivity contribution is -0.256. The van der Waals surface area contributed by atoms with Crippen LogP contribution in [0.5, 0.6) is 5.88 Å². The van der Waals surface area contributed by atoms with Crippen LogP contribution in [0.25, 0.3) is 16.8 Å². The fraction of sp³-hybridized carbons (Fsp3) is 0.536. The Balaban J connectivity index is 1.40. The number of nitrogens with zero attached hydrogens (tertiary/aromatic N) is 6. The van der Waals surface area contributed by atoms with E-state index in [-0.39, 0.29) is 49.7 Å². The SMILES string of the molecule is CCC(O)(C(=O)N1C[C@H](F)[C@H](NC(=O)c2cc(-c3cc(CN4CCC(F)(F)CC4)c4c(N)ncnn34)cnc2OC)C1)C(F)(F)F. The first kappa shape index (κ1) is 33.2. The van der Waals surface area contributed by atoms with E-state index >= 15 is 0 Å². The topological polar surface area (TPSA) is 151 Å². The number of piperidine rings is 1. The van der Waals surface area contributed by atoms with Gasteiger partial charge >= 0.3 is 6.18 Å². The van der Waals surface area contributed by atoms with E-state index in [1.165, 1.54) is 30.2 Å². The van der Waals surface area contributed by atoms with Gasteiger partial charge in [0.25, 0.3) is 17.7 Å². The number of carbonyl (C=O) groups excluding carboxylic acids is 2. The maximum absolute atomic E-state index is 14.9. The summed E-state index contributed by atoms with van der Waals surface area (Å²) in [5, 5.41) is 16.7. The minimum Gasteiger partial charge on any atom is -0.480 e. The number of halogens is 6. The lowest BCUT2D eigenvalue weighted by atomic mass is 9.98. The highest BCUT2D eigenvalue weighted by Crippen LogP contribution is 2.36. The monoisotopic (exact) mass is 658 g/mol. The van der Waals surface area contributed by atoms with Crippen molar-refractivity contribution in [1.29, 1.82) is 0 Å². The Kier molecular flexibility index (Phi) is 8.80. The van der Waals surface area contributed by atoms with Crippen molar-refractivity contribution < 1.29 is 45.8 Å². The van der Waals surface area contributed by atoms with Crippen molar-refractivity contribution in [2.24, 2.45) is 0 Å². The number of nitrogens with one attached hydrogen (secondary N) is 1. The van der Waals surface area contributed by atoms with Gasteiger partial charge in [-0.3, -0.25) is 14.5 Å². The molecule has 0 saturated carbocycles. The van der Waals surface area contributed by atoms with Crippen LogP contribution in [-0.4, -0.2) is 110 Å². The first-order valence-corrected chi connectivity index (χ1v) is 14.4. The number of ether oxygens (including phenoxy) is 1. The Morgan fingerprint density at radius 1 is 1.17 bits per heavy atom. The lowest BCUT2D eigenvalue weighted by Crippen LogP contribution is -2.57. The number of alkyl halides is 6. The van der Waals surface area contributed by atoms with Gasteiger partial charge in [-0.2, -0.15) is 18.3 Å². The number of methoxy groups -OCH3 is 1. The van der Waals surface area contributed by atoms with Crippen LogP contribution in [-0.2, 0) is 11.3 Å². The molecule has 1 unspecified atom stereocenters. The van der Waals surface area contributed by atoms with E-state index in [1.54, 1.807) is 6.07 Å². The van der Waals surface area contributed by atoms with Crippen LogP contribution in [0.1, 0.15) is 42.1 Å². The molecule has 0 aliphatic carbocycles. The third-order valence-corrected chi connectivity index (χ3v) is 8.41. The van der Waals surface area contributed by atoms with Crippen LogP contribution in [0.3, 0.4) is 0 Å². The predicted molar refractivity (Wildman–Crippen MR) is 151 cm³/mol.